The third-order valence-electron chi connectivity index (χ3n) is 3.49. The van der Waals surface area contributed by atoms with Crippen molar-refractivity contribution in [2.75, 3.05) is 5.32 Å². The second kappa shape index (κ2) is 6.79. The van der Waals surface area contributed by atoms with Gasteiger partial charge < -0.3 is 5.32 Å². The Balaban J connectivity index is 1.70. The van der Waals surface area contributed by atoms with E-state index < -0.39 is 0 Å². The van der Waals surface area contributed by atoms with Gasteiger partial charge in [0, 0.05) is 22.4 Å². The third-order valence-corrected chi connectivity index (χ3v) is 4.15. The van der Waals surface area contributed by atoms with Gasteiger partial charge in [-0.3, -0.25) is 9.48 Å². The van der Waals surface area contributed by atoms with Crippen LogP contribution in [-0.2, 0) is 6.54 Å². The summed E-state index contributed by atoms with van der Waals surface area (Å²) in [6.45, 7) is 2.70. The van der Waals surface area contributed by atoms with E-state index in [-0.39, 0.29) is 5.91 Å². The molecule has 116 valence electrons. The summed E-state index contributed by atoms with van der Waals surface area (Å²) in [5, 5.41) is 7.09. The molecule has 0 spiro atoms. The van der Waals surface area contributed by atoms with Crippen LogP contribution in [0.1, 0.15) is 21.5 Å². The highest BCUT2D eigenvalue weighted by Crippen LogP contribution is 2.24. The van der Waals surface area contributed by atoms with Crippen LogP contribution in [0.2, 0.25) is 0 Å². The molecule has 1 N–H and O–H groups in total. The molecule has 3 aromatic rings. The number of halogens is 1. The van der Waals surface area contributed by atoms with Crippen LogP contribution in [-0.4, -0.2) is 15.7 Å². The molecule has 5 heteroatoms. The van der Waals surface area contributed by atoms with Gasteiger partial charge in [0.2, 0.25) is 0 Å². The molecule has 0 fully saturated rings. The molecule has 0 saturated carbocycles. The van der Waals surface area contributed by atoms with Crippen LogP contribution >= 0.6 is 15.9 Å². The second-order valence-corrected chi connectivity index (χ2v) is 6.19. The van der Waals surface area contributed by atoms with Crippen molar-refractivity contribution >= 4 is 27.5 Å². The molecule has 2 aromatic carbocycles. The zero-order valence-corrected chi connectivity index (χ0v) is 14.2. The Bertz CT molecular complexity index is 811. The topological polar surface area (TPSA) is 46.9 Å². The predicted octanol–water partition coefficient (Wildman–Crippen LogP) is 4.25. The summed E-state index contributed by atoms with van der Waals surface area (Å²) in [6.07, 6.45) is 3.66. The number of hydrogen-bond acceptors (Lipinski definition) is 2. The van der Waals surface area contributed by atoms with Crippen molar-refractivity contribution in [3.8, 4) is 0 Å². The zero-order chi connectivity index (χ0) is 16.2. The Hall–Kier alpha value is -2.40. The molecule has 0 saturated heterocycles. The van der Waals surface area contributed by atoms with Crippen LogP contribution in [0.25, 0.3) is 0 Å². The number of nitrogens with one attached hydrogen (secondary N) is 1. The molecule has 0 aliphatic heterocycles. The van der Waals surface area contributed by atoms with E-state index in [2.05, 4.69) is 26.3 Å². The van der Waals surface area contributed by atoms with Crippen LogP contribution in [0, 0.1) is 6.92 Å². The molecule has 0 bridgehead atoms. The normalized spacial score (nSPS) is 10.5. The molecule has 23 heavy (non-hydrogen) atoms. The summed E-state index contributed by atoms with van der Waals surface area (Å²) < 4.78 is 2.72. The molecule has 0 aliphatic carbocycles. The molecule has 1 heterocycles. The Morgan fingerprint density at radius 3 is 2.65 bits per heavy atom. The number of carbonyl (C=O) groups excluding carboxylic acids is 1. The van der Waals surface area contributed by atoms with E-state index in [0.717, 1.165) is 21.3 Å². The van der Waals surface area contributed by atoms with Gasteiger partial charge in [-0.25, -0.2) is 0 Å². The highest BCUT2D eigenvalue weighted by Gasteiger charge is 2.08. The smallest absolute Gasteiger partial charge is 0.255 e. The summed E-state index contributed by atoms with van der Waals surface area (Å²) >= 11 is 3.47. The van der Waals surface area contributed by atoms with Crippen molar-refractivity contribution in [3.05, 3.63) is 82.1 Å². The van der Waals surface area contributed by atoms with Gasteiger partial charge in [-0.15, -0.1) is 0 Å². The quantitative estimate of drug-likeness (QED) is 0.746. The Kier molecular flexibility index (Phi) is 4.57. The van der Waals surface area contributed by atoms with Crippen molar-refractivity contribution in [1.82, 2.24) is 9.78 Å². The molecule has 3 rings (SSSR count). The summed E-state index contributed by atoms with van der Waals surface area (Å²) in [5.41, 5.74) is 3.63. The van der Waals surface area contributed by atoms with Gasteiger partial charge in [0.25, 0.3) is 5.91 Å². The van der Waals surface area contributed by atoms with Gasteiger partial charge in [-0.1, -0.05) is 18.2 Å². The first-order valence-corrected chi connectivity index (χ1v) is 8.05. The molecular weight excluding hydrogens is 354 g/mol. The van der Waals surface area contributed by atoms with Gasteiger partial charge in [0.05, 0.1) is 12.2 Å². The molecule has 0 radical (unpaired) electrons. The average Bonchev–Trinajstić information content (AvgIpc) is 3.04. The molecule has 1 amide bonds. The number of aryl methyl sites for hydroxylation is 1. The van der Waals surface area contributed by atoms with E-state index in [1.54, 1.807) is 6.20 Å². The number of nitrogens with zero attached hydrogens (tertiary/aromatic N) is 2. The number of anilines is 1. The van der Waals surface area contributed by atoms with E-state index in [9.17, 15) is 4.79 Å². The second-order valence-electron chi connectivity index (χ2n) is 5.34. The van der Waals surface area contributed by atoms with Crippen molar-refractivity contribution < 1.29 is 4.79 Å². The lowest BCUT2D eigenvalue weighted by Gasteiger charge is -2.09. The summed E-state index contributed by atoms with van der Waals surface area (Å²) in [6, 6.07) is 15.3. The van der Waals surface area contributed by atoms with E-state index in [1.165, 1.54) is 0 Å². The Morgan fingerprint density at radius 2 is 2.00 bits per heavy atom. The van der Waals surface area contributed by atoms with Gasteiger partial charge in [-0.05, 0) is 64.3 Å². The molecule has 4 nitrogen and oxygen atoms in total. The van der Waals surface area contributed by atoms with Gasteiger partial charge in [-0.2, -0.15) is 5.10 Å². The fraction of sp³-hybridized carbons (Fsp3) is 0.111. The maximum Gasteiger partial charge on any atom is 0.255 e. The van der Waals surface area contributed by atoms with E-state index in [1.807, 2.05) is 66.3 Å². The minimum atomic E-state index is -0.125. The first-order valence-electron chi connectivity index (χ1n) is 7.26. The van der Waals surface area contributed by atoms with E-state index in [0.29, 0.717) is 12.1 Å². The third kappa shape index (κ3) is 3.87. The van der Waals surface area contributed by atoms with Crippen LogP contribution in [0.4, 0.5) is 5.69 Å². The van der Waals surface area contributed by atoms with Crippen molar-refractivity contribution in [3.63, 3.8) is 0 Å². The van der Waals surface area contributed by atoms with Crippen molar-refractivity contribution in [1.29, 1.82) is 0 Å². The predicted molar refractivity (Wildman–Crippen MR) is 94.6 cm³/mol. The minimum absolute atomic E-state index is 0.125. The molecule has 0 aliphatic rings. The van der Waals surface area contributed by atoms with Gasteiger partial charge >= 0.3 is 0 Å². The Morgan fingerprint density at radius 1 is 1.22 bits per heavy atom. The van der Waals surface area contributed by atoms with Gasteiger partial charge in [0.1, 0.15) is 0 Å². The lowest BCUT2D eigenvalue weighted by atomic mass is 10.1. The fourth-order valence-corrected chi connectivity index (χ4v) is 2.85. The van der Waals surface area contributed by atoms with Crippen LogP contribution in [0.5, 0.6) is 0 Å². The van der Waals surface area contributed by atoms with Crippen LogP contribution in [0.3, 0.4) is 0 Å². The van der Waals surface area contributed by atoms with Gasteiger partial charge in [0.15, 0.2) is 0 Å². The molecule has 0 unspecified atom stereocenters. The minimum Gasteiger partial charge on any atom is -0.321 e. The first kappa shape index (κ1) is 15.5. The largest absolute Gasteiger partial charge is 0.321 e. The molecule has 1 aromatic heterocycles. The van der Waals surface area contributed by atoms with Crippen molar-refractivity contribution in [2.45, 2.75) is 13.5 Å². The van der Waals surface area contributed by atoms with E-state index >= 15 is 0 Å². The maximum atomic E-state index is 12.3. The number of benzene rings is 2. The highest BCUT2D eigenvalue weighted by molar-refractivity contribution is 9.10. The van der Waals surface area contributed by atoms with E-state index in [4.69, 9.17) is 0 Å². The standard InChI is InChI=1S/C18H16BrN3O/c1-13-3-8-17(16(19)11-13)21-18(23)15-6-4-14(5-7-15)12-22-10-2-9-20-22/h2-11H,12H2,1H3,(H,21,23). The SMILES string of the molecule is Cc1ccc(NC(=O)c2ccc(Cn3cccn3)cc2)c(Br)c1. The molecule has 0 atom stereocenters. The highest BCUT2D eigenvalue weighted by atomic mass is 79.9. The zero-order valence-electron chi connectivity index (χ0n) is 12.7. The van der Waals surface area contributed by atoms with Crippen LogP contribution < -0.4 is 5.32 Å². The maximum absolute atomic E-state index is 12.3. The van der Waals surface area contributed by atoms with Crippen LogP contribution in [0.15, 0.2) is 65.4 Å². The summed E-state index contributed by atoms with van der Waals surface area (Å²) in [5.74, 6) is -0.125. The lowest BCUT2D eigenvalue weighted by Crippen LogP contribution is -2.12. The van der Waals surface area contributed by atoms with Crippen molar-refractivity contribution in [2.24, 2.45) is 0 Å². The average molecular weight is 370 g/mol. The Labute approximate surface area is 143 Å². The lowest BCUT2D eigenvalue weighted by molar-refractivity contribution is 0.102. The monoisotopic (exact) mass is 369 g/mol. The number of aromatic nitrogens is 2. The number of carbonyl (C=O) groups is 1. The summed E-state index contributed by atoms with van der Waals surface area (Å²) in [7, 11) is 0. The number of hydrogen-bond donors (Lipinski definition) is 1. The first-order chi connectivity index (χ1) is 11.1. The number of amides is 1. The summed E-state index contributed by atoms with van der Waals surface area (Å²) in [4.78, 5) is 12.3. The fourth-order valence-electron chi connectivity index (χ4n) is 2.26. The molecular formula is C18H16BrN3O. The number of rotatable bonds is 4.